The highest BCUT2D eigenvalue weighted by Crippen LogP contribution is 2.25. The van der Waals surface area contributed by atoms with Crippen LogP contribution in [0.4, 0.5) is 5.69 Å². The lowest BCUT2D eigenvalue weighted by molar-refractivity contribution is 0.111. The number of methoxy groups -OCH3 is 1. The summed E-state index contributed by atoms with van der Waals surface area (Å²) >= 11 is 6.20. The molecule has 1 unspecified atom stereocenters. The lowest BCUT2D eigenvalue weighted by Crippen LogP contribution is -2.24. The van der Waals surface area contributed by atoms with Gasteiger partial charge in [0, 0.05) is 23.4 Å². The average Bonchev–Trinajstić information content (AvgIpc) is 2.48. The molecule has 0 aliphatic carbocycles. The minimum Gasteiger partial charge on any atom is -0.375 e. The molecular formula is C18H23ClIN3O. The van der Waals surface area contributed by atoms with Gasteiger partial charge in [-0.25, -0.2) is 0 Å². The van der Waals surface area contributed by atoms with E-state index in [-0.39, 0.29) is 30.1 Å². The average molecular weight is 460 g/mol. The SMILES string of the molecule is COC(CN=C(N)Nc1cc(C)cc(C)c1)c1ccccc1Cl.I. The zero-order valence-electron chi connectivity index (χ0n) is 14.0. The molecule has 0 radical (unpaired) electrons. The highest BCUT2D eigenvalue weighted by Gasteiger charge is 2.13. The van der Waals surface area contributed by atoms with Gasteiger partial charge in [0.05, 0.1) is 6.54 Å². The first-order chi connectivity index (χ1) is 11.0. The van der Waals surface area contributed by atoms with Gasteiger partial charge in [0.25, 0.3) is 0 Å². The van der Waals surface area contributed by atoms with E-state index >= 15 is 0 Å². The summed E-state index contributed by atoms with van der Waals surface area (Å²) in [5, 5.41) is 3.77. The maximum Gasteiger partial charge on any atom is 0.193 e. The lowest BCUT2D eigenvalue weighted by Gasteiger charge is -2.15. The molecule has 130 valence electrons. The molecule has 0 saturated carbocycles. The molecule has 2 aromatic carbocycles. The van der Waals surface area contributed by atoms with Crippen LogP contribution in [-0.2, 0) is 4.74 Å². The van der Waals surface area contributed by atoms with Crippen LogP contribution in [0, 0.1) is 13.8 Å². The van der Waals surface area contributed by atoms with Crippen LogP contribution in [0.5, 0.6) is 0 Å². The molecule has 2 aromatic rings. The molecule has 0 bridgehead atoms. The van der Waals surface area contributed by atoms with E-state index in [0.717, 1.165) is 11.3 Å². The van der Waals surface area contributed by atoms with Gasteiger partial charge in [0.2, 0.25) is 0 Å². The number of hydrogen-bond donors (Lipinski definition) is 2. The number of aliphatic imine (C=N–C) groups is 1. The van der Waals surface area contributed by atoms with Crippen LogP contribution in [0.25, 0.3) is 0 Å². The minimum atomic E-state index is -0.233. The first kappa shape index (κ1) is 20.7. The van der Waals surface area contributed by atoms with Gasteiger partial charge in [0.15, 0.2) is 5.96 Å². The zero-order chi connectivity index (χ0) is 16.8. The third kappa shape index (κ3) is 5.96. The van der Waals surface area contributed by atoms with E-state index in [1.165, 1.54) is 11.1 Å². The van der Waals surface area contributed by atoms with E-state index in [1.807, 2.05) is 50.2 Å². The molecule has 0 aromatic heterocycles. The Kier molecular flexibility index (Phi) is 8.52. The molecule has 0 fully saturated rings. The van der Waals surface area contributed by atoms with Crippen LogP contribution in [0.15, 0.2) is 47.5 Å². The van der Waals surface area contributed by atoms with Crippen LogP contribution >= 0.6 is 35.6 Å². The Hall–Kier alpha value is -1.31. The Morgan fingerprint density at radius 3 is 2.42 bits per heavy atom. The number of nitrogens with zero attached hydrogens (tertiary/aromatic N) is 1. The highest BCUT2D eigenvalue weighted by atomic mass is 127. The van der Waals surface area contributed by atoms with Crippen molar-refractivity contribution in [3.63, 3.8) is 0 Å². The van der Waals surface area contributed by atoms with Crippen molar-refractivity contribution < 1.29 is 4.74 Å². The van der Waals surface area contributed by atoms with Gasteiger partial charge in [-0.05, 0) is 43.2 Å². The standard InChI is InChI=1S/C18H22ClN3O.HI/c1-12-8-13(2)10-14(9-12)22-18(20)21-11-17(23-3)15-6-4-5-7-16(15)19;/h4-10,17H,11H2,1-3H3,(H3,20,21,22);1H. The molecule has 0 aliphatic rings. The maximum atomic E-state index is 6.20. The minimum absolute atomic E-state index is 0. The van der Waals surface area contributed by atoms with E-state index in [2.05, 4.69) is 16.4 Å². The molecule has 0 aliphatic heterocycles. The first-order valence-corrected chi connectivity index (χ1v) is 7.80. The number of hydrogen-bond acceptors (Lipinski definition) is 2. The van der Waals surface area contributed by atoms with Gasteiger partial charge in [-0.2, -0.15) is 0 Å². The van der Waals surface area contributed by atoms with Crippen molar-refractivity contribution in [1.29, 1.82) is 0 Å². The van der Waals surface area contributed by atoms with E-state index in [1.54, 1.807) is 7.11 Å². The fourth-order valence-corrected chi connectivity index (χ4v) is 2.71. The van der Waals surface area contributed by atoms with Crippen LogP contribution < -0.4 is 11.1 Å². The van der Waals surface area contributed by atoms with Crippen LogP contribution in [0.2, 0.25) is 5.02 Å². The Morgan fingerprint density at radius 1 is 1.21 bits per heavy atom. The number of guanidine groups is 1. The number of aryl methyl sites for hydroxylation is 2. The monoisotopic (exact) mass is 459 g/mol. The number of nitrogens with two attached hydrogens (primary N) is 1. The predicted octanol–water partition coefficient (Wildman–Crippen LogP) is 4.69. The second kappa shape index (κ2) is 9.86. The van der Waals surface area contributed by atoms with Gasteiger partial charge in [-0.15, -0.1) is 24.0 Å². The van der Waals surface area contributed by atoms with Crippen molar-refractivity contribution in [1.82, 2.24) is 0 Å². The summed E-state index contributed by atoms with van der Waals surface area (Å²) in [7, 11) is 1.64. The van der Waals surface area contributed by atoms with Crippen molar-refractivity contribution in [3.05, 3.63) is 64.2 Å². The molecule has 0 amide bonds. The van der Waals surface area contributed by atoms with Crippen molar-refractivity contribution in [2.75, 3.05) is 19.0 Å². The number of halogens is 2. The first-order valence-electron chi connectivity index (χ1n) is 7.42. The van der Waals surface area contributed by atoms with Gasteiger partial charge in [-0.1, -0.05) is 35.9 Å². The highest BCUT2D eigenvalue weighted by molar-refractivity contribution is 14.0. The summed E-state index contributed by atoms with van der Waals surface area (Å²) < 4.78 is 5.48. The number of anilines is 1. The Bertz CT molecular complexity index is 686. The van der Waals surface area contributed by atoms with E-state index < -0.39 is 0 Å². The van der Waals surface area contributed by atoms with E-state index in [4.69, 9.17) is 22.1 Å². The molecule has 24 heavy (non-hydrogen) atoms. The van der Waals surface area contributed by atoms with Gasteiger partial charge < -0.3 is 15.8 Å². The smallest absolute Gasteiger partial charge is 0.193 e. The predicted molar refractivity (Wildman–Crippen MR) is 113 cm³/mol. The number of benzene rings is 2. The third-order valence-corrected chi connectivity index (χ3v) is 3.80. The maximum absolute atomic E-state index is 6.20. The van der Waals surface area contributed by atoms with Gasteiger partial charge >= 0.3 is 0 Å². The summed E-state index contributed by atoms with van der Waals surface area (Å²) in [5.41, 5.74) is 10.1. The molecule has 1 atom stereocenters. The molecular weight excluding hydrogens is 437 g/mol. The van der Waals surface area contributed by atoms with Crippen LogP contribution in [-0.4, -0.2) is 19.6 Å². The molecule has 0 heterocycles. The van der Waals surface area contributed by atoms with Crippen molar-refractivity contribution >= 4 is 47.2 Å². The van der Waals surface area contributed by atoms with Crippen LogP contribution in [0.1, 0.15) is 22.8 Å². The number of rotatable bonds is 5. The summed E-state index contributed by atoms with van der Waals surface area (Å²) in [5.74, 6) is 0.351. The summed E-state index contributed by atoms with van der Waals surface area (Å²) in [6.45, 7) is 4.48. The summed E-state index contributed by atoms with van der Waals surface area (Å²) in [4.78, 5) is 4.37. The third-order valence-electron chi connectivity index (χ3n) is 3.46. The Morgan fingerprint density at radius 2 is 1.83 bits per heavy atom. The van der Waals surface area contributed by atoms with Crippen molar-refractivity contribution in [2.45, 2.75) is 20.0 Å². The number of nitrogens with one attached hydrogen (secondary N) is 1. The quantitative estimate of drug-likeness (QED) is 0.387. The second-order valence-electron chi connectivity index (χ2n) is 5.47. The Labute approximate surface area is 165 Å². The molecule has 0 spiro atoms. The molecule has 0 saturated heterocycles. The van der Waals surface area contributed by atoms with E-state index in [0.29, 0.717) is 17.5 Å². The fraction of sp³-hybridized carbons (Fsp3) is 0.278. The molecule has 2 rings (SSSR count). The Balaban J connectivity index is 0.00000288. The topological polar surface area (TPSA) is 59.6 Å². The molecule has 3 N–H and O–H groups in total. The van der Waals surface area contributed by atoms with Crippen molar-refractivity contribution in [2.24, 2.45) is 10.7 Å². The number of ether oxygens (including phenoxy) is 1. The summed E-state index contributed by atoms with van der Waals surface area (Å²) in [6.07, 6.45) is -0.233. The lowest BCUT2D eigenvalue weighted by atomic mass is 10.1. The normalized spacial score (nSPS) is 12.4. The van der Waals surface area contributed by atoms with Gasteiger partial charge in [0.1, 0.15) is 6.10 Å². The van der Waals surface area contributed by atoms with Gasteiger partial charge in [-0.3, -0.25) is 4.99 Å². The zero-order valence-corrected chi connectivity index (χ0v) is 17.1. The van der Waals surface area contributed by atoms with Crippen LogP contribution in [0.3, 0.4) is 0 Å². The van der Waals surface area contributed by atoms with Crippen molar-refractivity contribution in [3.8, 4) is 0 Å². The second-order valence-corrected chi connectivity index (χ2v) is 5.88. The van der Waals surface area contributed by atoms with E-state index in [9.17, 15) is 0 Å². The molecule has 6 heteroatoms. The largest absolute Gasteiger partial charge is 0.375 e. The molecule has 4 nitrogen and oxygen atoms in total. The summed E-state index contributed by atoms with van der Waals surface area (Å²) in [6, 6.07) is 13.7. The fourth-order valence-electron chi connectivity index (χ4n) is 2.45.